The number of halogens is 2. The molecule has 1 aromatic carbocycles. The number of aliphatic carboxylic acids is 1. The van der Waals surface area contributed by atoms with Crippen LogP contribution in [-0.2, 0) is 4.79 Å². The maximum atomic E-state index is 13.9. The molecule has 0 spiro atoms. The van der Waals surface area contributed by atoms with Gasteiger partial charge in [0.1, 0.15) is 0 Å². The van der Waals surface area contributed by atoms with Crippen LogP contribution in [0, 0.1) is 21.7 Å². The fraction of sp³-hybridized carbons (Fsp3) is 0.417. The molecule has 1 aliphatic rings. The predicted octanol–water partition coefficient (Wildman–Crippen LogP) is 1.08. The van der Waals surface area contributed by atoms with Gasteiger partial charge in [-0.05, 0) is 6.07 Å². The first-order chi connectivity index (χ1) is 9.90. The fourth-order valence-electron chi connectivity index (χ4n) is 2.30. The van der Waals surface area contributed by atoms with Crippen LogP contribution in [0.1, 0.15) is 0 Å². The second-order valence-electron chi connectivity index (χ2n) is 4.64. The number of benzene rings is 1. The number of hydrogen-bond donors (Lipinski definition) is 1. The monoisotopic (exact) mass is 301 g/mol. The van der Waals surface area contributed by atoms with Gasteiger partial charge in [-0.15, -0.1) is 0 Å². The number of nitrogens with zero attached hydrogens (tertiary/aromatic N) is 3. The SMILES string of the molecule is O=C(O)CN1CCN(c2c([N+](=O)[O-])ccc(F)c2F)CC1. The summed E-state index contributed by atoms with van der Waals surface area (Å²) < 4.78 is 27.2. The number of carboxylic acids is 1. The maximum absolute atomic E-state index is 13.9. The lowest BCUT2D eigenvalue weighted by atomic mass is 10.2. The number of piperazine rings is 1. The van der Waals surface area contributed by atoms with Gasteiger partial charge in [-0.3, -0.25) is 19.8 Å². The summed E-state index contributed by atoms with van der Waals surface area (Å²) in [5, 5.41) is 19.6. The number of anilines is 1. The molecule has 0 unspecified atom stereocenters. The third-order valence-corrected chi connectivity index (χ3v) is 3.29. The van der Waals surface area contributed by atoms with Crippen LogP contribution in [0.25, 0.3) is 0 Å². The molecule has 21 heavy (non-hydrogen) atoms. The number of nitro groups is 1. The average Bonchev–Trinajstić information content (AvgIpc) is 2.42. The summed E-state index contributed by atoms with van der Waals surface area (Å²) in [5.41, 5.74) is -0.879. The van der Waals surface area contributed by atoms with Crippen molar-refractivity contribution in [3.63, 3.8) is 0 Å². The van der Waals surface area contributed by atoms with Crippen LogP contribution >= 0.6 is 0 Å². The largest absolute Gasteiger partial charge is 0.480 e. The lowest BCUT2D eigenvalue weighted by Crippen LogP contribution is -2.48. The smallest absolute Gasteiger partial charge is 0.317 e. The van der Waals surface area contributed by atoms with E-state index in [0.717, 1.165) is 12.1 Å². The van der Waals surface area contributed by atoms with Crippen molar-refractivity contribution in [2.24, 2.45) is 0 Å². The van der Waals surface area contributed by atoms with E-state index in [1.54, 1.807) is 4.90 Å². The minimum atomic E-state index is -1.25. The average molecular weight is 301 g/mol. The van der Waals surface area contributed by atoms with Gasteiger partial charge in [0.2, 0.25) is 0 Å². The number of carboxylic acid groups (broad SMARTS) is 1. The van der Waals surface area contributed by atoms with E-state index in [1.165, 1.54) is 4.90 Å². The van der Waals surface area contributed by atoms with Crippen LogP contribution in [0.15, 0.2) is 12.1 Å². The quantitative estimate of drug-likeness (QED) is 0.661. The molecule has 1 N–H and O–H groups in total. The van der Waals surface area contributed by atoms with Crippen molar-refractivity contribution in [2.75, 3.05) is 37.6 Å². The zero-order valence-electron chi connectivity index (χ0n) is 11.0. The molecule has 0 bridgehead atoms. The molecule has 114 valence electrons. The first-order valence-corrected chi connectivity index (χ1v) is 6.21. The van der Waals surface area contributed by atoms with Gasteiger partial charge >= 0.3 is 5.97 Å². The molecule has 7 nitrogen and oxygen atoms in total. The molecule has 1 fully saturated rings. The van der Waals surface area contributed by atoms with Crippen LogP contribution in [0.3, 0.4) is 0 Å². The lowest BCUT2D eigenvalue weighted by molar-refractivity contribution is -0.384. The number of nitro benzene ring substituents is 1. The summed E-state index contributed by atoms with van der Waals surface area (Å²) in [6.07, 6.45) is 0. The molecule has 9 heteroatoms. The van der Waals surface area contributed by atoms with Crippen molar-refractivity contribution in [2.45, 2.75) is 0 Å². The van der Waals surface area contributed by atoms with Crippen LogP contribution < -0.4 is 4.90 Å². The van der Waals surface area contributed by atoms with Crippen molar-refractivity contribution in [3.05, 3.63) is 33.9 Å². The van der Waals surface area contributed by atoms with E-state index >= 15 is 0 Å². The highest BCUT2D eigenvalue weighted by atomic mass is 19.2. The van der Waals surface area contributed by atoms with Gasteiger partial charge < -0.3 is 10.0 Å². The van der Waals surface area contributed by atoms with E-state index in [2.05, 4.69) is 0 Å². The molecule has 0 radical (unpaired) electrons. The molecule has 1 aromatic rings. The first-order valence-electron chi connectivity index (χ1n) is 6.21. The number of carbonyl (C=O) groups is 1. The highest BCUT2D eigenvalue weighted by Crippen LogP contribution is 2.33. The van der Waals surface area contributed by atoms with E-state index in [4.69, 9.17) is 5.11 Å². The molecule has 2 rings (SSSR count). The molecular weight excluding hydrogens is 288 g/mol. The van der Waals surface area contributed by atoms with E-state index in [0.29, 0.717) is 13.1 Å². The molecule has 0 saturated carbocycles. The topological polar surface area (TPSA) is 86.9 Å². The number of rotatable bonds is 4. The predicted molar refractivity (Wildman–Crippen MR) is 69.3 cm³/mol. The van der Waals surface area contributed by atoms with Gasteiger partial charge in [-0.2, -0.15) is 0 Å². The van der Waals surface area contributed by atoms with Crippen molar-refractivity contribution in [1.29, 1.82) is 0 Å². The van der Waals surface area contributed by atoms with Crippen LogP contribution in [0.4, 0.5) is 20.2 Å². The molecule has 0 amide bonds. The van der Waals surface area contributed by atoms with Gasteiger partial charge in [-0.1, -0.05) is 0 Å². The van der Waals surface area contributed by atoms with Crippen molar-refractivity contribution in [3.8, 4) is 0 Å². The summed E-state index contributed by atoms with van der Waals surface area (Å²) >= 11 is 0. The molecular formula is C12H13F2N3O4. The fourth-order valence-corrected chi connectivity index (χ4v) is 2.30. The van der Waals surface area contributed by atoms with Crippen molar-refractivity contribution in [1.82, 2.24) is 4.90 Å². The highest BCUT2D eigenvalue weighted by molar-refractivity contribution is 5.69. The zero-order chi connectivity index (χ0) is 15.6. The summed E-state index contributed by atoms with van der Waals surface area (Å²) in [5.74, 6) is -3.38. The Labute approximate surface area is 118 Å². The van der Waals surface area contributed by atoms with Gasteiger partial charge in [-0.25, -0.2) is 8.78 Å². The Morgan fingerprint density at radius 2 is 1.90 bits per heavy atom. The third-order valence-electron chi connectivity index (χ3n) is 3.29. The number of hydrogen-bond acceptors (Lipinski definition) is 5. The maximum Gasteiger partial charge on any atom is 0.317 e. The minimum Gasteiger partial charge on any atom is -0.480 e. The van der Waals surface area contributed by atoms with Gasteiger partial charge in [0.15, 0.2) is 17.3 Å². The van der Waals surface area contributed by atoms with E-state index in [1.807, 2.05) is 0 Å². The second kappa shape index (κ2) is 6.00. The molecule has 1 saturated heterocycles. The second-order valence-corrected chi connectivity index (χ2v) is 4.64. The standard InChI is InChI=1S/C12H13F2N3O4/c13-8-1-2-9(17(20)21)12(11(8)14)16-5-3-15(4-6-16)7-10(18)19/h1-2H,3-7H2,(H,18,19). The Bertz CT molecular complexity index is 574. The van der Waals surface area contributed by atoms with E-state index in [-0.39, 0.29) is 25.3 Å². The Morgan fingerprint density at radius 1 is 1.29 bits per heavy atom. The first kappa shape index (κ1) is 15.1. The minimum absolute atomic E-state index is 0.151. The Kier molecular flexibility index (Phi) is 4.32. The highest BCUT2D eigenvalue weighted by Gasteiger charge is 2.29. The molecule has 1 aliphatic heterocycles. The van der Waals surface area contributed by atoms with Gasteiger partial charge in [0.25, 0.3) is 5.69 Å². The Morgan fingerprint density at radius 3 is 2.43 bits per heavy atom. The Hall–Kier alpha value is -2.29. The summed E-state index contributed by atoms with van der Waals surface area (Å²) in [6.45, 7) is 0.837. The van der Waals surface area contributed by atoms with Gasteiger partial charge in [0.05, 0.1) is 11.5 Å². The summed E-state index contributed by atoms with van der Waals surface area (Å²) in [4.78, 5) is 23.8. The normalized spacial score (nSPS) is 16.0. The van der Waals surface area contributed by atoms with Crippen LogP contribution in [0.5, 0.6) is 0 Å². The van der Waals surface area contributed by atoms with Crippen molar-refractivity contribution >= 4 is 17.3 Å². The zero-order valence-corrected chi connectivity index (χ0v) is 11.0. The van der Waals surface area contributed by atoms with E-state index in [9.17, 15) is 23.7 Å². The molecule has 1 heterocycles. The van der Waals surface area contributed by atoms with Crippen molar-refractivity contribution < 1.29 is 23.6 Å². The molecule has 0 aliphatic carbocycles. The van der Waals surface area contributed by atoms with E-state index < -0.39 is 28.2 Å². The van der Waals surface area contributed by atoms with Crippen LogP contribution in [-0.4, -0.2) is 53.6 Å². The molecule has 0 aromatic heterocycles. The Balaban J connectivity index is 2.22. The molecule has 0 atom stereocenters. The summed E-state index contributed by atoms with van der Waals surface area (Å²) in [7, 11) is 0. The lowest BCUT2D eigenvalue weighted by Gasteiger charge is -2.35. The summed E-state index contributed by atoms with van der Waals surface area (Å²) in [6, 6.07) is 1.65. The van der Waals surface area contributed by atoms with Crippen LogP contribution in [0.2, 0.25) is 0 Å². The van der Waals surface area contributed by atoms with Gasteiger partial charge in [0, 0.05) is 32.2 Å². The third kappa shape index (κ3) is 3.24.